The number of likely N-dealkylation sites (N-methyl/N-ethyl adjacent to an activating group) is 2. The SMILES string of the molecule is CCNC(=O)CN(CC)C(=O)COC(=O)C1(c2ccc(F)cc2)CCCC1. The summed E-state index contributed by atoms with van der Waals surface area (Å²) in [5.41, 5.74) is -0.113. The highest BCUT2D eigenvalue weighted by Crippen LogP contribution is 2.42. The number of hydrogen-bond acceptors (Lipinski definition) is 4. The second kappa shape index (κ2) is 9.48. The third kappa shape index (κ3) is 5.05. The smallest absolute Gasteiger partial charge is 0.317 e. The summed E-state index contributed by atoms with van der Waals surface area (Å²) in [4.78, 5) is 38.2. The standard InChI is InChI=1S/C20H27FN2O4/c1-3-22-17(24)13-23(4-2)18(25)14-27-19(26)20(11-5-6-12-20)15-7-9-16(21)10-8-15/h7-10H,3-6,11-14H2,1-2H3,(H,22,24). The van der Waals surface area contributed by atoms with Crippen LogP contribution in [0, 0.1) is 5.82 Å². The molecule has 0 bridgehead atoms. The highest BCUT2D eigenvalue weighted by Gasteiger charge is 2.44. The number of benzene rings is 1. The van der Waals surface area contributed by atoms with Gasteiger partial charge in [0.15, 0.2) is 6.61 Å². The van der Waals surface area contributed by atoms with E-state index in [0.717, 1.165) is 12.8 Å². The van der Waals surface area contributed by atoms with E-state index in [0.29, 0.717) is 31.5 Å². The van der Waals surface area contributed by atoms with E-state index in [1.54, 1.807) is 26.0 Å². The zero-order chi connectivity index (χ0) is 19.9. The van der Waals surface area contributed by atoms with Crippen LogP contribution in [0.5, 0.6) is 0 Å². The average molecular weight is 378 g/mol. The summed E-state index contributed by atoms with van der Waals surface area (Å²) in [6, 6.07) is 5.88. The molecule has 0 spiro atoms. The van der Waals surface area contributed by atoms with Gasteiger partial charge in [0.2, 0.25) is 5.91 Å². The first-order chi connectivity index (χ1) is 12.9. The lowest BCUT2D eigenvalue weighted by Crippen LogP contribution is -2.43. The molecule has 0 saturated heterocycles. The monoisotopic (exact) mass is 378 g/mol. The summed E-state index contributed by atoms with van der Waals surface area (Å²) < 4.78 is 18.6. The van der Waals surface area contributed by atoms with Gasteiger partial charge >= 0.3 is 5.97 Å². The predicted molar refractivity (Wildman–Crippen MR) is 98.4 cm³/mol. The molecule has 1 aromatic rings. The molecule has 1 fully saturated rings. The molecule has 2 amide bonds. The van der Waals surface area contributed by atoms with Gasteiger partial charge in [-0.15, -0.1) is 0 Å². The number of carbonyl (C=O) groups excluding carboxylic acids is 3. The summed E-state index contributed by atoms with van der Waals surface area (Å²) in [5, 5.41) is 2.64. The summed E-state index contributed by atoms with van der Waals surface area (Å²) in [6.07, 6.45) is 2.97. The molecule has 0 heterocycles. The van der Waals surface area contributed by atoms with E-state index in [1.807, 2.05) is 0 Å². The zero-order valence-electron chi connectivity index (χ0n) is 15.9. The van der Waals surface area contributed by atoms with Gasteiger partial charge in [-0.1, -0.05) is 25.0 Å². The molecule has 1 aliphatic carbocycles. The highest BCUT2D eigenvalue weighted by atomic mass is 19.1. The molecule has 1 aliphatic rings. The van der Waals surface area contributed by atoms with E-state index >= 15 is 0 Å². The van der Waals surface area contributed by atoms with E-state index in [2.05, 4.69) is 5.32 Å². The molecule has 0 atom stereocenters. The van der Waals surface area contributed by atoms with Crippen molar-refractivity contribution >= 4 is 17.8 Å². The van der Waals surface area contributed by atoms with Crippen molar-refractivity contribution in [3.8, 4) is 0 Å². The number of carbonyl (C=O) groups is 3. The van der Waals surface area contributed by atoms with Crippen LogP contribution in [0.4, 0.5) is 4.39 Å². The minimum absolute atomic E-state index is 0.0656. The molecular weight excluding hydrogens is 351 g/mol. The maximum Gasteiger partial charge on any atom is 0.317 e. The van der Waals surface area contributed by atoms with Gasteiger partial charge in [-0.3, -0.25) is 14.4 Å². The van der Waals surface area contributed by atoms with Crippen LogP contribution in [0.3, 0.4) is 0 Å². The number of esters is 1. The first-order valence-electron chi connectivity index (χ1n) is 9.40. The van der Waals surface area contributed by atoms with E-state index in [4.69, 9.17) is 4.74 Å². The van der Waals surface area contributed by atoms with Crippen LogP contribution in [0.25, 0.3) is 0 Å². The minimum Gasteiger partial charge on any atom is -0.455 e. The number of rotatable bonds is 8. The first-order valence-corrected chi connectivity index (χ1v) is 9.40. The average Bonchev–Trinajstić information content (AvgIpc) is 3.15. The van der Waals surface area contributed by atoms with Crippen molar-refractivity contribution in [3.05, 3.63) is 35.6 Å². The van der Waals surface area contributed by atoms with Crippen LogP contribution in [-0.2, 0) is 24.5 Å². The Labute approximate surface area is 159 Å². The lowest BCUT2D eigenvalue weighted by atomic mass is 9.79. The molecule has 0 aromatic heterocycles. The minimum atomic E-state index is -0.829. The number of hydrogen-bond donors (Lipinski definition) is 1. The molecule has 1 N–H and O–H groups in total. The molecule has 1 aromatic carbocycles. The Kier molecular flexibility index (Phi) is 7.33. The summed E-state index contributed by atoms with van der Waals surface area (Å²) >= 11 is 0. The third-order valence-corrected chi connectivity index (χ3v) is 5.01. The lowest BCUT2D eigenvalue weighted by molar-refractivity contribution is -0.157. The van der Waals surface area contributed by atoms with Crippen LogP contribution in [0.1, 0.15) is 45.1 Å². The van der Waals surface area contributed by atoms with Gasteiger partial charge in [0.1, 0.15) is 5.82 Å². The fourth-order valence-electron chi connectivity index (χ4n) is 3.52. The van der Waals surface area contributed by atoms with Gasteiger partial charge in [-0.2, -0.15) is 0 Å². The molecule has 0 radical (unpaired) electrons. The van der Waals surface area contributed by atoms with Crippen molar-refractivity contribution in [2.75, 3.05) is 26.2 Å². The molecule has 2 rings (SSSR count). The zero-order valence-corrected chi connectivity index (χ0v) is 15.9. The van der Waals surface area contributed by atoms with Crippen molar-refractivity contribution in [2.45, 2.75) is 44.9 Å². The van der Waals surface area contributed by atoms with Crippen molar-refractivity contribution in [3.63, 3.8) is 0 Å². The van der Waals surface area contributed by atoms with E-state index in [9.17, 15) is 18.8 Å². The van der Waals surface area contributed by atoms with Crippen LogP contribution in [-0.4, -0.2) is 48.9 Å². The Balaban J connectivity index is 2.02. The van der Waals surface area contributed by atoms with E-state index in [-0.39, 0.29) is 18.3 Å². The fourth-order valence-corrected chi connectivity index (χ4v) is 3.52. The normalized spacial score (nSPS) is 15.2. The van der Waals surface area contributed by atoms with Crippen LogP contribution in [0.2, 0.25) is 0 Å². The van der Waals surface area contributed by atoms with Gasteiger partial charge in [0, 0.05) is 13.1 Å². The molecule has 1 saturated carbocycles. The second-order valence-electron chi connectivity index (χ2n) is 6.73. The Bertz CT molecular complexity index is 669. The van der Waals surface area contributed by atoms with Gasteiger partial charge in [-0.25, -0.2) is 4.39 Å². The number of nitrogens with zero attached hydrogens (tertiary/aromatic N) is 1. The molecule has 6 nitrogen and oxygen atoms in total. The van der Waals surface area contributed by atoms with Crippen molar-refractivity contribution in [1.29, 1.82) is 0 Å². The highest BCUT2D eigenvalue weighted by molar-refractivity contribution is 5.88. The summed E-state index contributed by atoms with van der Waals surface area (Å²) in [5.74, 6) is -1.49. The summed E-state index contributed by atoms with van der Waals surface area (Å²) in [6.45, 7) is 3.92. The molecule has 27 heavy (non-hydrogen) atoms. The van der Waals surface area contributed by atoms with Crippen molar-refractivity contribution in [1.82, 2.24) is 10.2 Å². The maximum atomic E-state index is 13.2. The number of amides is 2. The van der Waals surface area contributed by atoms with E-state index in [1.165, 1.54) is 17.0 Å². The van der Waals surface area contributed by atoms with Crippen LogP contribution < -0.4 is 5.32 Å². The van der Waals surface area contributed by atoms with Crippen molar-refractivity contribution in [2.24, 2.45) is 0 Å². The quantitative estimate of drug-likeness (QED) is 0.704. The van der Waals surface area contributed by atoms with E-state index < -0.39 is 23.9 Å². The largest absolute Gasteiger partial charge is 0.455 e. The number of ether oxygens (including phenoxy) is 1. The van der Waals surface area contributed by atoms with Crippen molar-refractivity contribution < 1.29 is 23.5 Å². The Hall–Kier alpha value is -2.44. The summed E-state index contributed by atoms with van der Waals surface area (Å²) in [7, 11) is 0. The third-order valence-electron chi connectivity index (χ3n) is 5.01. The van der Waals surface area contributed by atoms with Crippen LogP contribution in [0.15, 0.2) is 24.3 Å². The molecule has 7 heteroatoms. The predicted octanol–water partition coefficient (Wildman–Crippen LogP) is 2.17. The van der Waals surface area contributed by atoms with Gasteiger partial charge < -0.3 is 15.0 Å². The van der Waals surface area contributed by atoms with Gasteiger partial charge in [-0.05, 0) is 44.4 Å². The van der Waals surface area contributed by atoms with Gasteiger partial charge in [0.25, 0.3) is 5.91 Å². The number of nitrogens with one attached hydrogen (secondary N) is 1. The second-order valence-corrected chi connectivity index (χ2v) is 6.73. The molecular formula is C20H27FN2O4. The Morgan fingerprint density at radius 3 is 2.33 bits per heavy atom. The van der Waals surface area contributed by atoms with Crippen LogP contribution >= 0.6 is 0 Å². The maximum absolute atomic E-state index is 13.2. The molecule has 0 unspecified atom stereocenters. The fraction of sp³-hybridized carbons (Fsp3) is 0.550. The number of halogens is 1. The molecule has 0 aliphatic heterocycles. The first kappa shape index (κ1) is 20.9. The Morgan fingerprint density at radius 1 is 1.15 bits per heavy atom. The van der Waals surface area contributed by atoms with Gasteiger partial charge in [0.05, 0.1) is 12.0 Å². The lowest BCUT2D eigenvalue weighted by Gasteiger charge is -2.28. The Morgan fingerprint density at radius 2 is 1.78 bits per heavy atom. The topological polar surface area (TPSA) is 75.7 Å². The molecule has 148 valence electrons.